The van der Waals surface area contributed by atoms with Gasteiger partial charge in [0.25, 0.3) is 5.56 Å². The molecule has 0 spiro atoms. The van der Waals surface area contributed by atoms with Gasteiger partial charge in [-0.2, -0.15) is 0 Å². The van der Waals surface area contributed by atoms with E-state index in [9.17, 15) is 9.90 Å². The number of fused-ring (bicyclic) bond motifs is 1. The minimum atomic E-state index is -0.302. The number of aliphatic hydroxyl groups is 1. The molecule has 1 unspecified atom stereocenters. The third kappa shape index (κ3) is 3.40. The van der Waals surface area contributed by atoms with Crippen molar-refractivity contribution in [1.29, 1.82) is 0 Å². The van der Waals surface area contributed by atoms with Crippen molar-refractivity contribution in [3.05, 3.63) is 33.2 Å². The Bertz CT molecular complexity index is 618. The van der Waals surface area contributed by atoms with Gasteiger partial charge in [-0.25, -0.2) is 4.98 Å². The Morgan fingerprint density at radius 1 is 1.58 bits per heavy atom. The van der Waals surface area contributed by atoms with Crippen LogP contribution in [0.2, 0.25) is 0 Å². The standard InChI is InChI=1S/C13H19N3O2S/c1-9-8-19-13-14-11(6-12(18)16(9)13)7-15(3)5-4-10(2)17/h6,8,10,17H,4-5,7H2,1-3H3. The molecule has 2 rings (SSSR count). The van der Waals surface area contributed by atoms with E-state index >= 15 is 0 Å². The zero-order chi connectivity index (χ0) is 14.0. The van der Waals surface area contributed by atoms with Crippen LogP contribution in [0.3, 0.4) is 0 Å². The zero-order valence-electron chi connectivity index (χ0n) is 11.5. The second kappa shape index (κ2) is 5.81. The highest BCUT2D eigenvalue weighted by Gasteiger charge is 2.08. The Labute approximate surface area is 116 Å². The zero-order valence-corrected chi connectivity index (χ0v) is 12.3. The van der Waals surface area contributed by atoms with Crippen LogP contribution in [0.1, 0.15) is 24.7 Å². The van der Waals surface area contributed by atoms with Gasteiger partial charge in [0.1, 0.15) is 0 Å². The minimum Gasteiger partial charge on any atom is -0.393 e. The highest BCUT2D eigenvalue weighted by Crippen LogP contribution is 2.12. The fourth-order valence-electron chi connectivity index (χ4n) is 1.94. The first kappa shape index (κ1) is 14.2. The molecule has 2 aromatic heterocycles. The van der Waals surface area contributed by atoms with Crippen LogP contribution < -0.4 is 5.56 Å². The molecule has 104 valence electrons. The Hall–Kier alpha value is -1.24. The average molecular weight is 281 g/mol. The minimum absolute atomic E-state index is 0.0253. The maximum atomic E-state index is 12.0. The van der Waals surface area contributed by atoms with Gasteiger partial charge in [-0.3, -0.25) is 9.20 Å². The van der Waals surface area contributed by atoms with Crippen LogP contribution in [0.15, 0.2) is 16.2 Å². The lowest BCUT2D eigenvalue weighted by atomic mass is 10.2. The van der Waals surface area contributed by atoms with Gasteiger partial charge in [0.15, 0.2) is 4.96 Å². The molecule has 1 N–H and O–H groups in total. The topological polar surface area (TPSA) is 57.8 Å². The largest absolute Gasteiger partial charge is 0.393 e. The summed E-state index contributed by atoms with van der Waals surface area (Å²) in [6, 6.07) is 1.59. The lowest BCUT2D eigenvalue weighted by molar-refractivity contribution is 0.162. The summed E-state index contributed by atoms with van der Waals surface area (Å²) in [5, 5.41) is 11.2. The first-order valence-corrected chi connectivity index (χ1v) is 7.18. The summed E-state index contributed by atoms with van der Waals surface area (Å²) in [7, 11) is 1.96. The van der Waals surface area contributed by atoms with Gasteiger partial charge in [-0.05, 0) is 27.3 Å². The molecule has 5 nitrogen and oxygen atoms in total. The molecular formula is C13H19N3O2S. The number of rotatable bonds is 5. The van der Waals surface area contributed by atoms with Crippen molar-refractivity contribution in [3.63, 3.8) is 0 Å². The molecule has 0 aliphatic carbocycles. The summed E-state index contributed by atoms with van der Waals surface area (Å²) >= 11 is 1.48. The van der Waals surface area contributed by atoms with Gasteiger partial charge < -0.3 is 10.0 Å². The summed E-state index contributed by atoms with van der Waals surface area (Å²) in [6.07, 6.45) is 0.416. The van der Waals surface area contributed by atoms with Crippen molar-refractivity contribution >= 4 is 16.3 Å². The third-order valence-corrected chi connectivity index (χ3v) is 3.93. The predicted octanol–water partition coefficient (Wildman–Crippen LogP) is 1.27. The number of hydrogen-bond acceptors (Lipinski definition) is 5. The fraction of sp³-hybridized carbons (Fsp3) is 0.538. The molecule has 0 fully saturated rings. The van der Waals surface area contributed by atoms with E-state index < -0.39 is 0 Å². The van der Waals surface area contributed by atoms with Crippen LogP contribution in [0, 0.1) is 6.92 Å². The van der Waals surface area contributed by atoms with Gasteiger partial charge in [0, 0.05) is 30.2 Å². The van der Waals surface area contributed by atoms with E-state index in [0.717, 1.165) is 29.3 Å². The van der Waals surface area contributed by atoms with E-state index in [1.165, 1.54) is 11.3 Å². The van der Waals surface area contributed by atoms with Crippen molar-refractivity contribution in [2.45, 2.75) is 32.9 Å². The van der Waals surface area contributed by atoms with E-state index in [2.05, 4.69) is 9.88 Å². The summed E-state index contributed by atoms with van der Waals surface area (Å²) in [6.45, 7) is 5.08. The first-order valence-electron chi connectivity index (χ1n) is 6.31. The SMILES string of the molecule is Cc1csc2nc(CN(C)CCC(C)O)cc(=O)n12. The Balaban J connectivity index is 2.15. The van der Waals surface area contributed by atoms with Crippen LogP contribution in [-0.4, -0.2) is 39.1 Å². The van der Waals surface area contributed by atoms with Gasteiger partial charge in [0.05, 0.1) is 11.8 Å². The molecule has 0 aromatic carbocycles. The molecule has 0 aliphatic rings. The summed E-state index contributed by atoms with van der Waals surface area (Å²) in [5.74, 6) is 0. The number of nitrogens with zero attached hydrogens (tertiary/aromatic N) is 3. The molecule has 0 bridgehead atoms. The third-order valence-electron chi connectivity index (χ3n) is 2.99. The summed E-state index contributed by atoms with van der Waals surface area (Å²) in [4.78, 5) is 19.3. The second-order valence-electron chi connectivity index (χ2n) is 4.96. The number of hydrogen-bond donors (Lipinski definition) is 1. The van der Waals surface area contributed by atoms with Crippen molar-refractivity contribution in [1.82, 2.24) is 14.3 Å². The molecular weight excluding hydrogens is 262 g/mol. The van der Waals surface area contributed by atoms with Gasteiger partial charge in [0.2, 0.25) is 0 Å². The van der Waals surface area contributed by atoms with Crippen LogP contribution in [0.4, 0.5) is 0 Å². The molecule has 0 aliphatic heterocycles. The molecule has 0 radical (unpaired) electrons. The average Bonchev–Trinajstić information content (AvgIpc) is 2.68. The van der Waals surface area contributed by atoms with E-state index in [4.69, 9.17) is 0 Å². The van der Waals surface area contributed by atoms with Crippen molar-refractivity contribution in [3.8, 4) is 0 Å². The molecule has 0 saturated carbocycles. The van der Waals surface area contributed by atoms with Crippen molar-refractivity contribution in [2.24, 2.45) is 0 Å². The van der Waals surface area contributed by atoms with Crippen LogP contribution in [-0.2, 0) is 6.54 Å². The molecule has 2 aromatic rings. The Kier molecular flexibility index (Phi) is 4.34. The fourth-order valence-corrected chi connectivity index (χ4v) is 2.84. The number of aryl methyl sites for hydroxylation is 1. The lowest BCUT2D eigenvalue weighted by Gasteiger charge is -2.16. The molecule has 19 heavy (non-hydrogen) atoms. The first-order chi connectivity index (χ1) is 8.97. The van der Waals surface area contributed by atoms with Gasteiger partial charge >= 0.3 is 0 Å². The van der Waals surface area contributed by atoms with E-state index in [1.807, 2.05) is 19.4 Å². The predicted molar refractivity (Wildman–Crippen MR) is 76.7 cm³/mol. The van der Waals surface area contributed by atoms with Crippen molar-refractivity contribution < 1.29 is 5.11 Å². The molecule has 6 heteroatoms. The molecule has 0 amide bonds. The van der Waals surface area contributed by atoms with E-state index in [1.54, 1.807) is 17.4 Å². The maximum absolute atomic E-state index is 12.0. The quantitative estimate of drug-likeness (QED) is 0.896. The Morgan fingerprint density at radius 3 is 3.00 bits per heavy atom. The van der Waals surface area contributed by atoms with Gasteiger partial charge in [-0.15, -0.1) is 11.3 Å². The van der Waals surface area contributed by atoms with E-state index in [0.29, 0.717) is 6.54 Å². The monoisotopic (exact) mass is 281 g/mol. The number of thiazole rings is 1. The lowest BCUT2D eigenvalue weighted by Crippen LogP contribution is -2.24. The highest BCUT2D eigenvalue weighted by molar-refractivity contribution is 7.15. The number of aliphatic hydroxyl groups excluding tert-OH is 1. The normalized spacial score (nSPS) is 13.3. The molecule has 1 atom stereocenters. The van der Waals surface area contributed by atoms with E-state index in [-0.39, 0.29) is 11.7 Å². The van der Waals surface area contributed by atoms with Crippen molar-refractivity contribution in [2.75, 3.05) is 13.6 Å². The molecule has 2 heterocycles. The van der Waals surface area contributed by atoms with Crippen LogP contribution in [0.25, 0.3) is 4.96 Å². The summed E-state index contributed by atoms with van der Waals surface area (Å²) < 4.78 is 1.63. The number of aromatic nitrogens is 2. The Morgan fingerprint density at radius 2 is 2.32 bits per heavy atom. The summed E-state index contributed by atoms with van der Waals surface area (Å²) in [5.41, 5.74) is 1.68. The smallest absolute Gasteiger partial charge is 0.259 e. The van der Waals surface area contributed by atoms with Gasteiger partial charge in [-0.1, -0.05) is 0 Å². The second-order valence-corrected chi connectivity index (χ2v) is 5.79. The molecule has 0 saturated heterocycles. The van der Waals surface area contributed by atoms with Crippen LogP contribution >= 0.6 is 11.3 Å². The highest BCUT2D eigenvalue weighted by atomic mass is 32.1. The van der Waals surface area contributed by atoms with Crippen LogP contribution in [0.5, 0.6) is 0 Å². The maximum Gasteiger partial charge on any atom is 0.259 e.